The lowest BCUT2D eigenvalue weighted by molar-refractivity contribution is 0.0414. The van der Waals surface area contributed by atoms with Crippen LogP contribution in [0.2, 0.25) is 0 Å². The zero-order chi connectivity index (χ0) is 13.3. The maximum Gasteiger partial charge on any atom is 0.0573 e. The van der Waals surface area contributed by atoms with E-state index in [4.69, 9.17) is 0 Å². The molecule has 0 amide bonds. The molecule has 2 unspecified atom stereocenters. The molecule has 1 N–H and O–H groups in total. The van der Waals surface area contributed by atoms with E-state index < -0.39 is 0 Å². The summed E-state index contributed by atoms with van der Waals surface area (Å²) in [5.74, 6) is 0.965. The Kier molecular flexibility index (Phi) is 4.38. The molecule has 2 saturated heterocycles. The van der Waals surface area contributed by atoms with E-state index in [1.807, 2.05) is 0 Å². The Balaban J connectivity index is 1.94. The summed E-state index contributed by atoms with van der Waals surface area (Å²) < 4.78 is 0. The third kappa shape index (κ3) is 3.27. The fraction of sp³-hybridized carbons (Fsp3) is 1.00. The molecule has 0 aliphatic carbocycles. The van der Waals surface area contributed by atoms with E-state index >= 15 is 0 Å². The lowest BCUT2D eigenvalue weighted by Crippen LogP contribution is -2.53. The zero-order valence-corrected chi connectivity index (χ0v) is 13.0. The van der Waals surface area contributed by atoms with Crippen molar-refractivity contribution >= 4 is 0 Å². The molecule has 0 saturated carbocycles. The minimum atomic E-state index is 0.500. The predicted molar refractivity (Wildman–Crippen MR) is 78.6 cm³/mol. The summed E-state index contributed by atoms with van der Waals surface area (Å²) >= 11 is 0. The molecule has 2 nitrogen and oxygen atoms in total. The van der Waals surface area contributed by atoms with Gasteiger partial charge in [-0.05, 0) is 56.9 Å². The third-order valence-corrected chi connectivity index (χ3v) is 4.74. The Morgan fingerprint density at radius 1 is 1.17 bits per heavy atom. The Morgan fingerprint density at radius 2 is 1.72 bits per heavy atom. The maximum atomic E-state index is 3.61. The smallest absolute Gasteiger partial charge is 0.0573 e. The van der Waals surface area contributed by atoms with Crippen molar-refractivity contribution in [2.24, 2.45) is 11.3 Å². The van der Waals surface area contributed by atoms with Crippen LogP contribution >= 0.6 is 0 Å². The van der Waals surface area contributed by atoms with E-state index in [9.17, 15) is 0 Å². The summed E-state index contributed by atoms with van der Waals surface area (Å²) in [6.45, 7) is 12.8. The normalized spacial score (nSPS) is 34.8. The van der Waals surface area contributed by atoms with E-state index in [-0.39, 0.29) is 0 Å². The lowest BCUT2D eigenvalue weighted by Gasteiger charge is -2.44. The van der Waals surface area contributed by atoms with Crippen molar-refractivity contribution in [3.8, 4) is 0 Å². The second-order valence-electron chi connectivity index (χ2n) is 7.67. The molecule has 2 bridgehead atoms. The van der Waals surface area contributed by atoms with Crippen LogP contribution < -0.4 is 5.32 Å². The number of nitrogens with one attached hydrogen (secondary N) is 1. The summed E-state index contributed by atoms with van der Waals surface area (Å²) in [4.78, 5) is 2.78. The summed E-state index contributed by atoms with van der Waals surface area (Å²) in [5, 5.41) is 3.61. The van der Waals surface area contributed by atoms with Gasteiger partial charge < -0.3 is 5.32 Å². The van der Waals surface area contributed by atoms with Crippen molar-refractivity contribution in [1.82, 2.24) is 10.2 Å². The van der Waals surface area contributed by atoms with Crippen LogP contribution in [0, 0.1) is 11.3 Å². The van der Waals surface area contributed by atoms with Gasteiger partial charge in [-0.15, -0.1) is 0 Å². The highest BCUT2D eigenvalue weighted by atomic mass is 15.3. The van der Waals surface area contributed by atoms with Crippen LogP contribution in [0.3, 0.4) is 0 Å². The van der Waals surface area contributed by atoms with E-state index in [0.29, 0.717) is 11.6 Å². The maximum absolute atomic E-state index is 3.61. The number of nitrogens with zero attached hydrogens (tertiary/aromatic N) is 1. The van der Waals surface area contributed by atoms with E-state index in [2.05, 4.69) is 44.8 Å². The van der Waals surface area contributed by atoms with Crippen LogP contribution in [-0.2, 0) is 0 Å². The summed E-state index contributed by atoms with van der Waals surface area (Å²) in [6, 6.07) is 1.70. The summed E-state index contributed by atoms with van der Waals surface area (Å²) in [6.07, 6.45) is 7.71. The summed E-state index contributed by atoms with van der Waals surface area (Å²) in [7, 11) is 0. The van der Waals surface area contributed by atoms with Crippen molar-refractivity contribution in [3.63, 3.8) is 0 Å². The highest BCUT2D eigenvalue weighted by Gasteiger charge is 2.43. The Labute approximate surface area is 114 Å². The molecule has 0 spiro atoms. The number of hydrogen-bond donors (Lipinski definition) is 1. The lowest BCUT2D eigenvalue weighted by atomic mass is 9.78. The van der Waals surface area contributed by atoms with Crippen molar-refractivity contribution in [2.75, 3.05) is 6.54 Å². The average molecular weight is 252 g/mol. The van der Waals surface area contributed by atoms with Gasteiger partial charge in [-0.25, -0.2) is 0 Å². The molecule has 18 heavy (non-hydrogen) atoms. The highest BCUT2D eigenvalue weighted by Crippen LogP contribution is 2.43. The fourth-order valence-corrected chi connectivity index (χ4v) is 4.39. The Hall–Kier alpha value is -0.0800. The predicted octanol–water partition coefficient (Wildman–Crippen LogP) is 3.62. The van der Waals surface area contributed by atoms with E-state index in [1.165, 1.54) is 32.1 Å². The Morgan fingerprint density at radius 3 is 2.17 bits per heavy atom. The molecule has 106 valence electrons. The first-order valence-electron chi connectivity index (χ1n) is 7.91. The van der Waals surface area contributed by atoms with Crippen molar-refractivity contribution < 1.29 is 0 Å². The molecule has 0 aromatic carbocycles. The van der Waals surface area contributed by atoms with Gasteiger partial charge in [-0.3, -0.25) is 4.90 Å². The van der Waals surface area contributed by atoms with Crippen molar-refractivity contribution in [3.05, 3.63) is 0 Å². The van der Waals surface area contributed by atoms with Gasteiger partial charge >= 0.3 is 0 Å². The molecule has 2 heteroatoms. The van der Waals surface area contributed by atoms with Gasteiger partial charge in [-0.1, -0.05) is 27.7 Å². The van der Waals surface area contributed by atoms with Crippen molar-refractivity contribution in [1.29, 1.82) is 0 Å². The number of piperidine rings is 1. The van der Waals surface area contributed by atoms with Crippen LogP contribution in [0.1, 0.15) is 66.7 Å². The molecule has 2 fully saturated rings. The van der Waals surface area contributed by atoms with Crippen molar-refractivity contribution in [2.45, 2.75) is 85.0 Å². The summed E-state index contributed by atoms with van der Waals surface area (Å²) in [5.41, 5.74) is 0.500. The molecule has 2 heterocycles. The molecule has 2 aliphatic rings. The van der Waals surface area contributed by atoms with Gasteiger partial charge in [0.05, 0.1) is 6.17 Å². The monoisotopic (exact) mass is 252 g/mol. The van der Waals surface area contributed by atoms with Crippen LogP contribution in [0.4, 0.5) is 0 Å². The number of hydrogen-bond acceptors (Lipinski definition) is 2. The van der Waals surface area contributed by atoms with E-state index in [0.717, 1.165) is 24.5 Å². The van der Waals surface area contributed by atoms with Crippen LogP contribution in [0.25, 0.3) is 0 Å². The zero-order valence-electron chi connectivity index (χ0n) is 13.0. The SMILES string of the molecule is CCNC(C)N1[C@@H]2CC[C@H]1CC(CC(C)(C)C)C2. The van der Waals surface area contributed by atoms with Crippen LogP contribution in [0.15, 0.2) is 0 Å². The minimum absolute atomic E-state index is 0.500. The van der Waals surface area contributed by atoms with Gasteiger partial charge in [0.1, 0.15) is 0 Å². The number of rotatable bonds is 4. The molecular weight excluding hydrogens is 220 g/mol. The minimum Gasteiger partial charge on any atom is -0.302 e. The topological polar surface area (TPSA) is 15.3 Å². The molecule has 4 atom stereocenters. The van der Waals surface area contributed by atoms with Gasteiger partial charge in [0.2, 0.25) is 0 Å². The second kappa shape index (κ2) is 5.50. The van der Waals surface area contributed by atoms with Gasteiger partial charge in [0, 0.05) is 12.1 Å². The standard InChI is InChI=1S/C16H32N2/c1-6-17-12(2)18-14-7-8-15(18)10-13(9-14)11-16(3,4)5/h12-15,17H,6-11H2,1-5H3/t12?,13?,14-,15+. The fourth-order valence-electron chi connectivity index (χ4n) is 4.39. The molecule has 0 aromatic rings. The molecule has 2 rings (SSSR count). The first-order valence-corrected chi connectivity index (χ1v) is 7.91. The first kappa shape index (κ1) is 14.3. The van der Waals surface area contributed by atoms with Gasteiger partial charge in [0.25, 0.3) is 0 Å². The quantitative estimate of drug-likeness (QED) is 0.822. The number of fused-ring (bicyclic) bond motifs is 2. The average Bonchev–Trinajstić information content (AvgIpc) is 2.49. The van der Waals surface area contributed by atoms with Crippen LogP contribution in [-0.4, -0.2) is 29.7 Å². The molecule has 0 radical (unpaired) electrons. The molecular formula is C16H32N2. The highest BCUT2D eigenvalue weighted by molar-refractivity contribution is 4.97. The largest absolute Gasteiger partial charge is 0.302 e. The first-order chi connectivity index (χ1) is 8.40. The Bertz CT molecular complexity index is 255. The van der Waals surface area contributed by atoms with Gasteiger partial charge in [-0.2, -0.15) is 0 Å². The third-order valence-electron chi connectivity index (χ3n) is 4.74. The van der Waals surface area contributed by atoms with Crippen LogP contribution in [0.5, 0.6) is 0 Å². The second-order valence-corrected chi connectivity index (χ2v) is 7.67. The van der Waals surface area contributed by atoms with Gasteiger partial charge in [0.15, 0.2) is 0 Å². The van der Waals surface area contributed by atoms with E-state index in [1.54, 1.807) is 0 Å². The molecule has 0 aromatic heterocycles. The molecule has 2 aliphatic heterocycles.